The predicted molar refractivity (Wildman–Crippen MR) is 57.3 cm³/mol. The van der Waals surface area contributed by atoms with Crippen molar-refractivity contribution in [2.24, 2.45) is 5.41 Å². The zero-order chi connectivity index (χ0) is 11.9. The first-order valence-corrected chi connectivity index (χ1v) is 6.82. The van der Waals surface area contributed by atoms with Gasteiger partial charge in [0, 0.05) is 11.8 Å². The lowest BCUT2D eigenvalue weighted by Gasteiger charge is -2.24. The van der Waals surface area contributed by atoms with Gasteiger partial charge in [-0.3, -0.25) is 4.79 Å². The van der Waals surface area contributed by atoms with Crippen molar-refractivity contribution >= 4 is 15.6 Å². The summed E-state index contributed by atoms with van der Waals surface area (Å²) in [5.41, 5.74) is -1.86. The largest absolute Gasteiger partial charge is 0.388 e. The summed E-state index contributed by atoms with van der Waals surface area (Å²) in [5, 5.41) is 9.96. The number of sulfone groups is 1. The number of Topliss-reactive ketones (excluding diaryl/α,β-unsaturated/α-hetero) is 1. The minimum absolute atomic E-state index is 0.0130. The van der Waals surface area contributed by atoms with E-state index >= 15 is 0 Å². The molecule has 0 bridgehead atoms. The maximum Gasteiger partial charge on any atom is 0.153 e. The van der Waals surface area contributed by atoms with Crippen LogP contribution in [0.4, 0.5) is 0 Å². The standard InChI is InChI=1S/C10H18O4S/c1-9(2,3)8(11)6-10(12)4-5-15(13,14)7-10/h12H,4-7H2,1-3H3. The maximum atomic E-state index is 11.7. The lowest BCUT2D eigenvalue weighted by atomic mass is 9.83. The van der Waals surface area contributed by atoms with E-state index in [-0.39, 0.29) is 30.1 Å². The normalized spacial score (nSPS) is 30.4. The zero-order valence-electron chi connectivity index (χ0n) is 9.41. The fraction of sp³-hybridized carbons (Fsp3) is 0.900. The van der Waals surface area contributed by atoms with Gasteiger partial charge in [-0.05, 0) is 6.42 Å². The minimum atomic E-state index is -3.15. The topological polar surface area (TPSA) is 71.4 Å². The molecule has 0 amide bonds. The summed E-state index contributed by atoms with van der Waals surface area (Å²) >= 11 is 0. The second kappa shape index (κ2) is 3.56. The molecule has 88 valence electrons. The van der Waals surface area contributed by atoms with Crippen molar-refractivity contribution in [3.8, 4) is 0 Å². The molecule has 1 unspecified atom stereocenters. The van der Waals surface area contributed by atoms with Crippen molar-refractivity contribution in [2.45, 2.75) is 39.2 Å². The molecule has 4 nitrogen and oxygen atoms in total. The summed E-state index contributed by atoms with van der Waals surface area (Å²) in [6, 6.07) is 0. The van der Waals surface area contributed by atoms with E-state index in [0.717, 1.165) is 0 Å². The number of hydrogen-bond acceptors (Lipinski definition) is 4. The van der Waals surface area contributed by atoms with Crippen LogP contribution in [0.5, 0.6) is 0 Å². The van der Waals surface area contributed by atoms with Gasteiger partial charge < -0.3 is 5.11 Å². The van der Waals surface area contributed by atoms with Crippen LogP contribution in [0.2, 0.25) is 0 Å². The van der Waals surface area contributed by atoms with Crippen LogP contribution in [0.25, 0.3) is 0 Å². The first-order valence-electron chi connectivity index (χ1n) is 5.00. The van der Waals surface area contributed by atoms with Crippen LogP contribution in [0, 0.1) is 5.41 Å². The van der Waals surface area contributed by atoms with Crippen molar-refractivity contribution in [1.82, 2.24) is 0 Å². The average molecular weight is 234 g/mol. The first-order chi connectivity index (χ1) is 6.54. The number of aliphatic hydroxyl groups is 1. The molecule has 15 heavy (non-hydrogen) atoms. The Kier molecular flexibility index (Phi) is 3.00. The summed E-state index contributed by atoms with van der Waals surface area (Å²) in [4.78, 5) is 11.7. The Hall–Kier alpha value is -0.420. The van der Waals surface area contributed by atoms with Gasteiger partial charge in [-0.15, -0.1) is 0 Å². The van der Waals surface area contributed by atoms with Crippen LogP contribution in [0.1, 0.15) is 33.6 Å². The number of carbonyl (C=O) groups is 1. The van der Waals surface area contributed by atoms with Crippen LogP contribution in [-0.4, -0.2) is 36.4 Å². The molecule has 1 heterocycles. The summed E-state index contributed by atoms with van der Waals surface area (Å²) < 4.78 is 22.4. The lowest BCUT2D eigenvalue weighted by Crippen LogP contribution is -2.36. The SMILES string of the molecule is CC(C)(C)C(=O)CC1(O)CCS(=O)(=O)C1. The van der Waals surface area contributed by atoms with E-state index in [9.17, 15) is 18.3 Å². The van der Waals surface area contributed by atoms with E-state index in [1.54, 1.807) is 20.8 Å². The summed E-state index contributed by atoms with van der Waals surface area (Å²) in [6.45, 7) is 5.30. The molecule has 0 aromatic carbocycles. The molecule has 1 fully saturated rings. The third-order valence-electron chi connectivity index (χ3n) is 2.69. The van der Waals surface area contributed by atoms with E-state index in [4.69, 9.17) is 0 Å². The van der Waals surface area contributed by atoms with E-state index < -0.39 is 20.9 Å². The Morgan fingerprint density at radius 2 is 1.93 bits per heavy atom. The lowest BCUT2D eigenvalue weighted by molar-refractivity contribution is -0.130. The Balaban J connectivity index is 2.72. The Morgan fingerprint density at radius 1 is 1.40 bits per heavy atom. The van der Waals surface area contributed by atoms with Gasteiger partial charge in [-0.25, -0.2) is 8.42 Å². The predicted octanol–water partition coefficient (Wildman–Crippen LogP) is 0.541. The number of hydrogen-bond donors (Lipinski definition) is 1. The third-order valence-corrected chi connectivity index (χ3v) is 4.50. The Bertz CT molecular complexity index is 363. The molecule has 1 rings (SSSR count). The van der Waals surface area contributed by atoms with Gasteiger partial charge in [0.05, 0.1) is 17.1 Å². The monoisotopic (exact) mass is 234 g/mol. The molecule has 5 heteroatoms. The fourth-order valence-corrected chi connectivity index (χ4v) is 3.50. The molecule has 1 atom stereocenters. The van der Waals surface area contributed by atoms with Crippen molar-refractivity contribution in [2.75, 3.05) is 11.5 Å². The summed E-state index contributed by atoms with van der Waals surface area (Å²) in [6.07, 6.45) is 0.118. The number of carbonyl (C=O) groups excluding carboxylic acids is 1. The van der Waals surface area contributed by atoms with Crippen molar-refractivity contribution in [1.29, 1.82) is 0 Å². The summed E-state index contributed by atoms with van der Waals surface area (Å²) in [7, 11) is -3.15. The number of rotatable bonds is 2. The van der Waals surface area contributed by atoms with Gasteiger partial charge in [0.25, 0.3) is 0 Å². The maximum absolute atomic E-state index is 11.7. The highest BCUT2D eigenvalue weighted by atomic mass is 32.2. The van der Waals surface area contributed by atoms with Crippen molar-refractivity contribution in [3.05, 3.63) is 0 Å². The molecule has 1 N–H and O–H groups in total. The van der Waals surface area contributed by atoms with Crippen LogP contribution in [0.3, 0.4) is 0 Å². The van der Waals surface area contributed by atoms with Gasteiger partial charge in [0.1, 0.15) is 5.78 Å². The minimum Gasteiger partial charge on any atom is -0.388 e. The molecule has 0 aromatic rings. The molecule has 1 aliphatic heterocycles. The van der Waals surface area contributed by atoms with Crippen molar-refractivity contribution in [3.63, 3.8) is 0 Å². The molecular formula is C10H18O4S. The van der Waals surface area contributed by atoms with Gasteiger partial charge in [-0.2, -0.15) is 0 Å². The highest BCUT2D eigenvalue weighted by Gasteiger charge is 2.43. The van der Waals surface area contributed by atoms with E-state index in [2.05, 4.69) is 0 Å². The average Bonchev–Trinajstić information content (AvgIpc) is 2.23. The van der Waals surface area contributed by atoms with Crippen LogP contribution in [-0.2, 0) is 14.6 Å². The highest BCUT2D eigenvalue weighted by Crippen LogP contribution is 2.30. The van der Waals surface area contributed by atoms with Gasteiger partial charge in [0.15, 0.2) is 9.84 Å². The van der Waals surface area contributed by atoms with Gasteiger partial charge in [0.2, 0.25) is 0 Å². The second-order valence-corrected chi connectivity index (χ2v) is 7.60. The van der Waals surface area contributed by atoms with Crippen LogP contribution in [0.15, 0.2) is 0 Å². The second-order valence-electron chi connectivity index (χ2n) is 5.42. The molecular weight excluding hydrogens is 216 g/mol. The van der Waals surface area contributed by atoms with E-state index in [1.807, 2.05) is 0 Å². The fourth-order valence-electron chi connectivity index (χ4n) is 1.60. The molecule has 0 spiro atoms. The first kappa shape index (κ1) is 12.6. The zero-order valence-corrected chi connectivity index (χ0v) is 10.2. The van der Waals surface area contributed by atoms with Gasteiger partial charge >= 0.3 is 0 Å². The third kappa shape index (κ3) is 3.28. The Morgan fingerprint density at radius 3 is 2.27 bits per heavy atom. The smallest absolute Gasteiger partial charge is 0.153 e. The van der Waals surface area contributed by atoms with E-state index in [0.29, 0.717) is 0 Å². The molecule has 1 aliphatic rings. The quantitative estimate of drug-likeness (QED) is 0.757. The highest BCUT2D eigenvalue weighted by molar-refractivity contribution is 7.91. The summed E-state index contributed by atoms with van der Waals surface area (Å²) in [5.74, 6) is -0.384. The Labute approximate surface area is 90.6 Å². The van der Waals surface area contributed by atoms with E-state index in [1.165, 1.54) is 0 Å². The van der Waals surface area contributed by atoms with Crippen LogP contribution >= 0.6 is 0 Å². The molecule has 0 aromatic heterocycles. The molecule has 1 saturated heterocycles. The van der Waals surface area contributed by atoms with Crippen molar-refractivity contribution < 1.29 is 18.3 Å². The molecule has 0 aliphatic carbocycles. The molecule has 0 radical (unpaired) electrons. The van der Waals surface area contributed by atoms with Crippen LogP contribution < -0.4 is 0 Å². The van der Waals surface area contributed by atoms with Gasteiger partial charge in [-0.1, -0.05) is 20.8 Å². The number of ketones is 1. The molecule has 0 saturated carbocycles.